The third kappa shape index (κ3) is 3.00. The lowest BCUT2D eigenvalue weighted by Crippen LogP contribution is -2.14. The fourth-order valence-corrected chi connectivity index (χ4v) is 1.82. The lowest BCUT2D eigenvalue weighted by molar-refractivity contribution is 0.415. The summed E-state index contributed by atoms with van der Waals surface area (Å²) in [5, 5.41) is 3.05. The summed E-state index contributed by atoms with van der Waals surface area (Å²) in [5.74, 6) is 1.59. The first-order valence-electron chi connectivity index (χ1n) is 6.08. The highest BCUT2D eigenvalue weighted by molar-refractivity contribution is 5.65. The van der Waals surface area contributed by atoms with Crippen molar-refractivity contribution < 1.29 is 4.74 Å². The number of aromatic nitrogens is 2. The second kappa shape index (κ2) is 6.15. The molecule has 0 spiro atoms. The fourth-order valence-electron chi connectivity index (χ4n) is 1.82. The number of ether oxygens (including phenoxy) is 1. The molecule has 1 aromatic carbocycles. The van der Waals surface area contributed by atoms with E-state index in [2.05, 4.69) is 15.3 Å². The van der Waals surface area contributed by atoms with Crippen molar-refractivity contribution in [1.29, 1.82) is 0 Å². The number of nitrogens with zero attached hydrogens (tertiary/aromatic N) is 3. The van der Waals surface area contributed by atoms with Crippen LogP contribution < -0.4 is 15.0 Å². The molecule has 19 heavy (non-hydrogen) atoms. The van der Waals surface area contributed by atoms with Gasteiger partial charge in [-0.15, -0.1) is 0 Å². The number of hydrogen-bond donors (Lipinski definition) is 1. The van der Waals surface area contributed by atoms with Gasteiger partial charge in [0.15, 0.2) is 5.82 Å². The van der Waals surface area contributed by atoms with Crippen LogP contribution in [0.3, 0.4) is 0 Å². The van der Waals surface area contributed by atoms with Crippen molar-refractivity contribution in [2.24, 2.45) is 0 Å². The van der Waals surface area contributed by atoms with Gasteiger partial charge in [-0.1, -0.05) is 12.1 Å². The highest BCUT2D eigenvalue weighted by Gasteiger charge is 2.10. The zero-order valence-electron chi connectivity index (χ0n) is 11.4. The van der Waals surface area contributed by atoms with Crippen LogP contribution in [-0.2, 0) is 6.54 Å². The zero-order valence-corrected chi connectivity index (χ0v) is 11.4. The van der Waals surface area contributed by atoms with Crippen molar-refractivity contribution in [3.05, 3.63) is 42.4 Å². The predicted molar refractivity (Wildman–Crippen MR) is 75.9 cm³/mol. The Hall–Kier alpha value is -2.14. The Bertz CT molecular complexity index is 527. The Morgan fingerprint density at radius 3 is 2.63 bits per heavy atom. The molecule has 1 N–H and O–H groups in total. The maximum absolute atomic E-state index is 5.35. The van der Waals surface area contributed by atoms with Crippen LogP contribution in [0.25, 0.3) is 0 Å². The summed E-state index contributed by atoms with van der Waals surface area (Å²) >= 11 is 0. The molecule has 5 heteroatoms. The van der Waals surface area contributed by atoms with Gasteiger partial charge in [-0.3, -0.25) is 4.98 Å². The van der Waals surface area contributed by atoms with E-state index in [-0.39, 0.29) is 0 Å². The van der Waals surface area contributed by atoms with Crippen LogP contribution in [0.2, 0.25) is 0 Å². The zero-order chi connectivity index (χ0) is 13.7. The molecule has 5 nitrogen and oxygen atoms in total. The molecule has 0 aliphatic rings. The van der Waals surface area contributed by atoms with Crippen LogP contribution in [0.15, 0.2) is 36.7 Å². The standard InChI is InChI=1S/C14H18N4O/c1-15-8-11-9-17-14(10-16-11)18(2)12-6-4-5-7-13(12)19-3/h4-7,9-10,15H,8H2,1-3H3. The van der Waals surface area contributed by atoms with Crippen LogP contribution >= 0.6 is 0 Å². The SMILES string of the molecule is CNCc1cnc(N(C)c2ccccc2OC)cn1. The van der Waals surface area contributed by atoms with Gasteiger partial charge >= 0.3 is 0 Å². The predicted octanol–water partition coefficient (Wildman–Crippen LogP) is 1.97. The summed E-state index contributed by atoms with van der Waals surface area (Å²) < 4.78 is 5.35. The minimum atomic E-state index is 0.714. The Morgan fingerprint density at radius 1 is 1.21 bits per heavy atom. The van der Waals surface area contributed by atoms with E-state index in [0.29, 0.717) is 6.54 Å². The molecule has 2 aromatic rings. The molecule has 100 valence electrons. The number of methoxy groups -OCH3 is 1. The molecule has 2 rings (SSSR count). The molecule has 0 unspecified atom stereocenters. The average Bonchev–Trinajstić information content (AvgIpc) is 2.47. The molecule has 0 saturated heterocycles. The normalized spacial score (nSPS) is 10.3. The van der Waals surface area contributed by atoms with Crippen molar-refractivity contribution in [2.75, 3.05) is 26.1 Å². The minimum absolute atomic E-state index is 0.714. The van der Waals surface area contributed by atoms with Crippen LogP contribution in [0.1, 0.15) is 5.69 Å². The van der Waals surface area contributed by atoms with Crippen LogP contribution in [0.5, 0.6) is 5.75 Å². The largest absolute Gasteiger partial charge is 0.495 e. The highest BCUT2D eigenvalue weighted by Crippen LogP contribution is 2.30. The van der Waals surface area contributed by atoms with Crippen molar-refractivity contribution in [1.82, 2.24) is 15.3 Å². The summed E-state index contributed by atoms with van der Waals surface area (Å²) in [4.78, 5) is 10.7. The molecule has 1 aromatic heterocycles. The van der Waals surface area contributed by atoms with Crippen molar-refractivity contribution in [3.63, 3.8) is 0 Å². The molecule has 0 saturated carbocycles. The number of nitrogens with one attached hydrogen (secondary N) is 1. The van der Waals surface area contributed by atoms with Crippen molar-refractivity contribution >= 4 is 11.5 Å². The molecule has 0 bridgehead atoms. The number of hydrogen-bond acceptors (Lipinski definition) is 5. The van der Waals surface area contributed by atoms with Gasteiger partial charge in [-0.25, -0.2) is 4.98 Å². The van der Waals surface area contributed by atoms with E-state index in [0.717, 1.165) is 22.9 Å². The lowest BCUT2D eigenvalue weighted by atomic mass is 10.2. The Labute approximate surface area is 113 Å². The van der Waals surface area contributed by atoms with E-state index in [4.69, 9.17) is 4.74 Å². The second-order valence-corrected chi connectivity index (χ2v) is 4.13. The van der Waals surface area contributed by atoms with Gasteiger partial charge in [0.2, 0.25) is 0 Å². The topological polar surface area (TPSA) is 50.3 Å². The van der Waals surface area contributed by atoms with E-state index in [9.17, 15) is 0 Å². The third-order valence-corrected chi connectivity index (χ3v) is 2.84. The van der Waals surface area contributed by atoms with Gasteiger partial charge in [0, 0.05) is 13.6 Å². The van der Waals surface area contributed by atoms with Gasteiger partial charge in [-0.05, 0) is 19.2 Å². The summed E-state index contributed by atoms with van der Waals surface area (Å²) in [6.45, 7) is 0.714. The Balaban J connectivity index is 2.25. The monoisotopic (exact) mass is 258 g/mol. The van der Waals surface area contributed by atoms with E-state index in [1.54, 1.807) is 19.5 Å². The number of anilines is 2. The maximum atomic E-state index is 5.35. The summed E-state index contributed by atoms with van der Waals surface area (Å²) in [5.41, 5.74) is 1.88. The molecule has 0 aliphatic heterocycles. The summed E-state index contributed by atoms with van der Waals surface area (Å²) in [7, 11) is 5.49. The highest BCUT2D eigenvalue weighted by atomic mass is 16.5. The molecular weight excluding hydrogens is 240 g/mol. The Kier molecular flexibility index (Phi) is 4.30. The first-order chi connectivity index (χ1) is 9.26. The molecule has 0 atom stereocenters. The van der Waals surface area contributed by atoms with E-state index < -0.39 is 0 Å². The molecule has 1 heterocycles. The molecule has 0 radical (unpaired) electrons. The Morgan fingerprint density at radius 2 is 2.00 bits per heavy atom. The number of para-hydroxylation sites is 2. The molecule has 0 amide bonds. The quantitative estimate of drug-likeness (QED) is 0.888. The van der Waals surface area contributed by atoms with Gasteiger partial charge in [0.1, 0.15) is 5.75 Å². The maximum Gasteiger partial charge on any atom is 0.151 e. The average molecular weight is 258 g/mol. The van der Waals surface area contributed by atoms with Crippen LogP contribution in [0, 0.1) is 0 Å². The van der Waals surface area contributed by atoms with Gasteiger partial charge < -0.3 is 15.0 Å². The van der Waals surface area contributed by atoms with Gasteiger partial charge in [0.05, 0.1) is 30.9 Å². The minimum Gasteiger partial charge on any atom is -0.495 e. The third-order valence-electron chi connectivity index (χ3n) is 2.84. The first-order valence-corrected chi connectivity index (χ1v) is 6.08. The summed E-state index contributed by atoms with van der Waals surface area (Å²) in [6, 6.07) is 7.83. The van der Waals surface area contributed by atoms with Crippen LogP contribution in [0.4, 0.5) is 11.5 Å². The smallest absolute Gasteiger partial charge is 0.151 e. The fraction of sp³-hybridized carbons (Fsp3) is 0.286. The van der Waals surface area contributed by atoms with Crippen molar-refractivity contribution in [3.8, 4) is 5.75 Å². The molecular formula is C14H18N4O. The van der Waals surface area contributed by atoms with E-state index in [1.165, 1.54) is 0 Å². The molecule has 0 fully saturated rings. The van der Waals surface area contributed by atoms with Crippen molar-refractivity contribution in [2.45, 2.75) is 6.54 Å². The molecule has 0 aliphatic carbocycles. The lowest BCUT2D eigenvalue weighted by Gasteiger charge is -2.20. The van der Waals surface area contributed by atoms with E-state index in [1.807, 2.05) is 43.3 Å². The number of rotatable bonds is 5. The number of benzene rings is 1. The van der Waals surface area contributed by atoms with Gasteiger partial charge in [-0.2, -0.15) is 0 Å². The summed E-state index contributed by atoms with van der Waals surface area (Å²) in [6.07, 6.45) is 3.54. The second-order valence-electron chi connectivity index (χ2n) is 4.13. The van der Waals surface area contributed by atoms with Crippen LogP contribution in [-0.4, -0.2) is 31.2 Å². The first kappa shape index (κ1) is 13.3. The van der Waals surface area contributed by atoms with E-state index >= 15 is 0 Å². The van der Waals surface area contributed by atoms with Gasteiger partial charge in [0.25, 0.3) is 0 Å².